The first-order chi connectivity index (χ1) is 13.1. The third-order valence-electron chi connectivity index (χ3n) is 8.01. The summed E-state index contributed by atoms with van der Waals surface area (Å²) in [6.07, 6.45) is 12.5. The zero-order valence-corrected chi connectivity index (χ0v) is 18.1. The molecular formula is C23H44N4. The van der Waals surface area contributed by atoms with Gasteiger partial charge in [-0.25, -0.2) is 0 Å². The molecule has 4 fully saturated rings. The van der Waals surface area contributed by atoms with Gasteiger partial charge in [0.2, 0.25) is 0 Å². The second kappa shape index (κ2) is 9.11. The summed E-state index contributed by atoms with van der Waals surface area (Å²) in [5.41, 5.74) is 0. The van der Waals surface area contributed by atoms with Crippen molar-refractivity contribution in [2.24, 2.45) is 5.92 Å². The van der Waals surface area contributed by atoms with Gasteiger partial charge >= 0.3 is 0 Å². The molecule has 27 heavy (non-hydrogen) atoms. The second-order valence-electron chi connectivity index (χ2n) is 10.4. The number of likely N-dealkylation sites (tertiary alicyclic amines) is 2. The van der Waals surface area contributed by atoms with Crippen molar-refractivity contribution in [2.45, 2.75) is 115 Å². The number of rotatable bonds is 8. The zero-order chi connectivity index (χ0) is 18.8. The van der Waals surface area contributed by atoms with E-state index in [2.05, 4.69) is 41.2 Å². The minimum Gasteiger partial charge on any atom is -0.311 e. The highest BCUT2D eigenvalue weighted by molar-refractivity contribution is 4.98. The lowest BCUT2D eigenvalue weighted by Gasteiger charge is -2.39. The summed E-state index contributed by atoms with van der Waals surface area (Å²) in [6.45, 7) is 12.3. The van der Waals surface area contributed by atoms with Gasteiger partial charge in [-0.3, -0.25) is 0 Å². The maximum Gasteiger partial charge on any atom is 0.0102 e. The van der Waals surface area contributed by atoms with Crippen molar-refractivity contribution >= 4 is 0 Å². The van der Waals surface area contributed by atoms with E-state index in [-0.39, 0.29) is 0 Å². The van der Waals surface area contributed by atoms with Gasteiger partial charge in [0, 0.05) is 36.3 Å². The minimum absolute atomic E-state index is 0.716. The molecule has 0 amide bonds. The predicted octanol–water partition coefficient (Wildman–Crippen LogP) is 3.22. The second-order valence-corrected chi connectivity index (χ2v) is 10.4. The fourth-order valence-electron chi connectivity index (χ4n) is 5.60. The topological polar surface area (TPSA) is 30.5 Å². The average molecular weight is 377 g/mol. The van der Waals surface area contributed by atoms with Gasteiger partial charge in [0.15, 0.2) is 0 Å². The van der Waals surface area contributed by atoms with Crippen LogP contribution in [0, 0.1) is 5.92 Å². The van der Waals surface area contributed by atoms with Crippen LogP contribution < -0.4 is 10.6 Å². The first-order valence-corrected chi connectivity index (χ1v) is 12.1. The van der Waals surface area contributed by atoms with Gasteiger partial charge in [-0.15, -0.1) is 0 Å². The van der Waals surface area contributed by atoms with Gasteiger partial charge in [0.1, 0.15) is 0 Å². The number of hydrogen-bond donors (Lipinski definition) is 2. The van der Waals surface area contributed by atoms with Crippen LogP contribution in [0.25, 0.3) is 0 Å². The standard InChI is InChI=1S/C23H44N4/c1-17(2)26-11-7-22(8-12-26)25-23-16-19(23)15-18(3)27-13-9-21(10-14-27)24-20-5-4-6-20/h17-25H,4-16H2,1-3H3. The first-order valence-electron chi connectivity index (χ1n) is 12.1. The maximum absolute atomic E-state index is 4.00. The maximum atomic E-state index is 4.00. The molecule has 2 N–H and O–H groups in total. The Morgan fingerprint density at radius 2 is 1.30 bits per heavy atom. The van der Waals surface area contributed by atoms with E-state index in [9.17, 15) is 0 Å². The Labute approximate surface area is 167 Å². The van der Waals surface area contributed by atoms with Crippen molar-refractivity contribution in [3.05, 3.63) is 0 Å². The molecule has 2 aliphatic heterocycles. The molecule has 4 rings (SSSR count). The Bertz CT molecular complexity index is 447. The summed E-state index contributed by atoms with van der Waals surface area (Å²) in [5, 5.41) is 7.89. The number of piperidine rings is 2. The Morgan fingerprint density at radius 1 is 0.741 bits per heavy atom. The van der Waals surface area contributed by atoms with Crippen LogP contribution in [0.5, 0.6) is 0 Å². The van der Waals surface area contributed by atoms with Gasteiger partial charge in [-0.1, -0.05) is 6.42 Å². The monoisotopic (exact) mass is 376 g/mol. The van der Waals surface area contributed by atoms with E-state index in [4.69, 9.17) is 0 Å². The highest BCUT2D eigenvalue weighted by atomic mass is 15.2. The van der Waals surface area contributed by atoms with Crippen molar-refractivity contribution in [1.29, 1.82) is 0 Å². The molecule has 4 nitrogen and oxygen atoms in total. The highest BCUT2D eigenvalue weighted by Crippen LogP contribution is 2.37. The Kier molecular flexibility index (Phi) is 6.79. The molecule has 4 aliphatic rings. The summed E-state index contributed by atoms with van der Waals surface area (Å²) in [4.78, 5) is 5.41. The lowest BCUT2D eigenvalue weighted by molar-refractivity contribution is 0.131. The minimum atomic E-state index is 0.716. The van der Waals surface area contributed by atoms with Crippen LogP contribution in [0.15, 0.2) is 0 Å². The van der Waals surface area contributed by atoms with E-state index < -0.39 is 0 Å². The molecule has 2 saturated carbocycles. The third-order valence-corrected chi connectivity index (χ3v) is 8.01. The molecule has 0 aromatic carbocycles. The van der Waals surface area contributed by atoms with Crippen LogP contribution in [0.4, 0.5) is 0 Å². The van der Waals surface area contributed by atoms with E-state index in [0.717, 1.165) is 36.1 Å². The van der Waals surface area contributed by atoms with Gasteiger partial charge in [-0.05, 0) is 104 Å². The zero-order valence-electron chi connectivity index (χ0n) is 18.1. The van der Waals surface area contributed by atoms with Gasteiger partial charge in [-0.2, -0.15) is 0 Å². The molecule has 3 unspecified atom stereocenters. The number of nitrogens with one attached hydrogen (secondary N) is 2. The third kappa shape index (κ3) is 5.46. The van der Waals surface area contributed by atoms with Crippen molar-refractivity contribution in [1.82, 2.24) is 20.4 Å². The molecule has 0 bridgehead atoms. The molecule has 3 atom stereocenters. The van der Waals surface area contributed by atoms with Crippen molar-refractivity contribution < 1.29 is 0 Å². The molecule has 2 heterocycles. The Balaban J connectivity index is 1.10. The van der Waals surface area contributed by atoms with E-state index in [0.29, 0.717) is 6.04 Å². The lowest BCUT2D eigenvalue weighted by atomic mass is 9.91. The SMILES string of the molecule is CC(C)N1CCC(NC2CC2CC(C)N2CCC(NC3CCC3)CC2)CC1. The molecule has 0 spiro atoms. The van der Waals surface area contributed by atoms with Crippen LogP contribution >= 0.6 is 0 Å². The van der Waals surface area contributed by atoms with Crippen LogP contribution in [-0.4, -0.2) is 72.2 Å². The highest BCUT2D eigenvalue weighted by Gasteiger charge is 2.40. The molecular weight excluding hydrogens is 332 g/mol. The molecule has 0 aromatic rings. The lowest BCUT2D eigenvalue weighted by Crippen LogP contribution is -2.50. The molecule has 4 heteroatoms. The van der Waals surface area contributed by atoms with Crippen molar-refractivity contribution in [2.75, 3.05) is 26.2 Å². The molecule has 0 radical (unpaired) electrons. The summed E-state index contributed by atoms with van der Waals surface area (Å²) in [6, 6.07) is 4.73. The fraction of sp³-hybridized carbons (Fsp3) is 1.00. The summed E-state index contributed by atoms with van der Waals surface area (Å²) in [7, 11) is 0. The van der Waals surface area contributed by atoms with Crippen molar-refractivity contribution in [3.63, 3.8) is 0 Å². The number of nitrogens with zero attached hydrogens (tertiary/aromatic N) is 2. The largest absolute Gasteiger partial charge is 0.311 e. The van der Waals surface area contributed by atoms with E-state index in [1.54, 1.807) is 0 Å². The van der Waals surface area contributed by atoms with Crippen molar-refractivity contribution in [3.8, 4) is 0 Å². The summed E-state index contributed by atoms with van der Waals surface area (Å²) < 4.78 is 0. The van der Waals surface area contributed by atoms with Gasteiger partial charge < -0.3 is 20.4 Å². The predicted molar refractivity (Wildman–Crippen MR) is 114 cm³/mol. The van der Waals surface area contributed by atoms with E-state index in [1.807, 2.05) is 0 Å². The van der Waals surface area contributed by atoms with Crippen LogP contribution in [0.2, 0.25) is 0 Å². The van der Waals surface area contributed by atoms with E-state index in [1.165, 1.54) is 84.0 Å². The molecule has 0 aromatic heterocycles. The van der Waals surface area contributed by atoms with Crippen LogP contribution in [0.1, 0.15) is 78.6 Å². The average Bonchev–Trinajstić information content (AvgIpc) is 3.36. The Morgan fingerprint density at radius 3 is 1.85 bits per heavy atom. The fourth-order valence-corrected chi connectivity index (χ4v) is 5.60. The molecule has 156 valence electrons. The summed E-state index contributed by atoms with van der Waals surface area (Å²) in [5.74, 6) is 0.939. The smallest absolute Gasteiger partial charge is 0.0102 e. The molecule has 2 aliphatic carbocycles. The van der Waals surface area contributed by atoms with Gasteiger partial charge in [0.05, 0.1) is 0 Å². The summed E-state index contributed by atoms with van der Waals surface area (Å²) >= 11 is 0. The first kappa shape index (κ1) is 20.1. The van der Waals surface area contributed by atoms with Gasteiger partial charge in [0.25, 0.3) is 0 Å². The van der Waals surface area contributed by atoms with Crippen LogP contribution in [-0.2, 0) is 0 Å². The molecule has 2 saturated heterocycles. The quantitative estimate of drug-likeness (QED) is 0.681. The van der Waals surface area contributed by atoms with Crippen LogP contribution in [0.3, 0.4) is 0 Å². The number of hydrogen-bond acceptors (Lipinski definition) is 4. The Hall–Kier alpha value is -0.160. The van der Waals surface area contributed by atoms with E-state index >= 15 is 0 Å². The normalized spacial score (nSPS) is 33.3.